The fourth-order valence-electron chi connectivity index (χ4n) is 4.03. The van der Waals surface area contributed by atoms with Crippen molar-refractivity contribution in [2.45, 2.75) is 39.3 Å². The maximum Gasteiger partial charge on any atom is 0.490 e. The van der Waals surface area contributed by atoms with Crippen LogP contribution in [0.2, 0.25) is 25.7 Å². The normalized spacial score (nSPS) is 15.3. The summed E-state index contributed by atoms with van der Waals surface area (Å²) in [5.74, 6) is 1.70. The lowest BCUT2D eigenvalue weighted by atomic mass is 9.82. The van der Waals surface area contributed by atoms with Crippen LogP contribution >= 0.6 is 0 Å². The zero-order valence-corrected chi connectivity index (χ0v) is 21.8. The van der Waals surface area contributed by atoms with Gasteiger partial charge in [0.25, 0.3) is 0 Å². The first-order valence-electron chi connectivity index (χ1n) is 11.8. The summed E-state index contributed by atoms with van der Waals surface area (Å²) in [6.45, 7) is 14.0. The van der Waals surface area contributed by atoms with Crippen LogP contribution in [0.1, 0.15) is 5.69 Å². The smallest absolute Gasteiger partial charge is 0.423 e. The summed E-state index contributed by atoms with van der Waals surface area (Å²) in [5.41, 5.74) is 3.35. The van der Waals surface area contributed by atoms with Gasteiger partial charge in [-0.15, -0.1) is 0 Å². The highest BCUT2D eigenvalue weighted by Gasteiger charge is 2.21. The van der Waals surface area contributed by atoms with Crippen molar-refractivity contribution in [3.63, 3.8) is 0 Å². The van der Waals surface area contributed by atoms with E-state index in [0.29, 0.717) is 30.0 Å². The van der Waals surface area contributed by atoms with Crippen molar-refractivity contribution in [2.24, 2.45) is 0 Å². The highest BCUT2D eigenvalue weighted by molar-refractivity contribution is 6.76. The number of aromatic nitrogens is 4. The Kier molecular flexibility index (Phi) is 7.39. The van der Waals surface area contributed by atoms with Crippen molar-refractivity contribution in [1.82, 2.24) is 24.4 Å². The van der Waals surface area contributed by atoms with E-state index in [-0.39, 0.29) is 0 Å². The van der Waals surface area contributed by atoms with Crippen molar-refractivity contribution in [1.29, 1.82) is 0 Å². The van der Waals surface area contributed by atoms with Crippen LogP contribution in [0.4, 0.5) is 5.82 Å². The van der Waals surface area contributed by atoms with Crippen LogP contribution < -0.4 is 10.4 Å². The van der Waals surface area contributed by atoms with E-state index in [1.165, 1.54) is 6.20 Å². The van der Waals surface area contributed by atoms with Crippen molar-refractivity contribution < 1.29 is 14.8 Å². The second kappa shape index (κ2) is 10.1. The van der Waals surface area contributed by atoms with E-state index in [0.717, 1.165) is 55.1 Å². The quantitative estimate of drug-likeness (QED) is 0.369. The number of fused-ring (bicyclic) bond motifs is 1. The van der Waals surface area contributed by atoms with E-state index < -0.39 is 15.2 Å². The average Bonchev–Trinajstić information content (AvgIpc) is 3.14. The zero-order valence-electron chi connectivity index (χ0n) is 20.8. The molecule has 0 aromatic carbocycles. The molecule has 0 atom stereocenters. The molecule has 1 aliphatic heterocycles. The third kappa shape index (κ3) is 5.66. The summed E-state index contributed by atoms with van der Waals surface area (Å²) in [4.78, 5) is 18.8. The van der Waals surface area contributed by atoms with Crippen LogP contribution in [0.15, 0.2) is 24.4 Å². The average molecular weight is 482 g/mol. The second-order valence-corrected chi connectivity index (χ2v) is 15.9. The molecular formula is C23H35BN6O3Si. The number of aryl methyl sites for hydroxylation is 1. The fraction of sp³-hybridized carbons (Fsp3) is 0.522. The molecule has 3 aromatic rings. The fourth-order valence-corrected chi connectivity index (χ4v) is 4.78. The molecule has 0 radical (unpaired) electrons. The highest BCUT2D eigenvalue weighted by Crippen LogP contribution is 2.28. The van der Waals surface area contributed by atoms with Crippen LogP contribution in [0, 0.1) is 6.92 Å². The predicted octanol–water partition coefficient (Wildman–Crippen LogP) is 1.55. The summed E-state index contributed by atoms with van der Waals surface area (Å²) >= 11 is 0. The lowest BCUT2D eigenvalue weighted by Crippen LogP contribution is -2.44. The van der Waals surface area contributed by atoms with E-state index in [4.69, 9.17) is 14.7 Å². The first-order chi connectivity index (χ1) is 16.1. The lowest BCUT2D eigenvalue weighted by molar-refractivity contribution is 0.0906. The number of anilines is 1. The predicted molar refractivity (Wildman–Crippen MR) is 139 cm³/mol. The van der Waals surface area contributed by atoms with Crippen LogP contribution in [0.3, 0.4) is 0 Å². The van der Waals surface area contributed by atoms with Gasteiger partial charge >= 0.3 is 7.12 Å². The number of nitrogens with zero attached hydrogens (tertiary/aromatic N) is 6. The number of likely N-dealkylation sites (N-methyl/N-ethyl adjacent to an activating group) is 1. The minimum Gasteiger partial charge on any atom is -0.423 e. The Labute approximate surface area is 202 Å². The maximum atomic E-state index is 9.58. The standard InChI is InChI=1S/C23H35BN6O3Si/c1-17-19(6-7-21(26-17)29-10-8-28(2)9-11-29)22-27-20-14-18(24(31)32)15-25-23(20)30(22)16-33-12-13-34(3,4)5/h6-7,14-15,31-32H,8-13,16H2,1-5H3. The molecule has 0 bridgehead atoms. The van der Waals surface area contributed by atoms with E-state index >= 15 is 0 Å². The molecule has 0 aliphatic carbocycles. The molecule has 4 rings (SSSR count). The third-order valence-electron chi connectivity index (χ3n) is 6.26. The number of pyridine rings is 2. The maximum absolute atomic E-state index is 9.58. The second-order valence-electron chi connectivity index (χ2n) is 10.3. The molecule has 4 heterocycles. The third-order valence-corrected chi connectivity index (χ3v) is 7.96. The molecule has 9 nitrogen and oxygen atoms in total. The van der Waals surface area contributed by atoms with Gasteiger partial charge in [-0.1, -0.05) is 19.6 Å². The molecule has 0 spiro atoms. The van der Waals surface area contributed by atoms with Gasteiger partial charge in [0, 0.05) is 58.1 Å². The first-order valence-corrected chi connectivity index (χ1v) is 15.5. The van der Waals surface area contributed by atoms with Crippen molar-refractivity contribution in [3.8, 4) is 11.4 Å². The molecule has 1 aliphatic rings. The molecule has 3 aromatic heterocycles. The first kappa shape index (κ1) is 24.8. The van der Waals surface area contributed by atoms with Gasteiger partial charge in [0.15, 0.2) is 5.65 Å². The summed E-state index contributed by atoms with van der Waals surface area (Å²) in [6, 6.07) is 6.86. The molecule has 1 saturated heterocycles. The van der Waals surface area contributed by atoms with E-state index in [9.17, 15) is 10.0 Å². The Morgan fingerprint density at radius 2 is 1.82 bits per heavy atom. The molecule has 11 heteroatoms. The van der Waals surface area contributed by atoms with E-state index in [1.807, 2.05) is 11.5 Å². The van der Waals surface area contributed by atoms with Crippen LogP contribution in [-0.4, -0.2) is 89.5 Å². The Hall–Kier alpha value is -2.31. The van der Waals surface area contributed by atoms with Gasteiger partial charge in [0.2, 0.25) is 0 Å². The van der Waals surface area contributed by atoms with Crippen LogP contribution in [-0.2, 0) is 11.5 Å². The van der Waals surface area contributed by atoms with E-state index in [2.05, 4.69) is 53.6 Å². The van der Waals surface area contributed by atoms with Gasteiger partial charge in [-0.3, -0.25) is 4.57 Å². The minimum absolute atomic E-state index is 0.309. The number of rotatable bonds is 8. The number of hydrogen-bond acceptors (Lipinski definition) is 8. The van der Waals surface area contributed by atoms with Gasteiger partial charge in [0.1, 0.15) is 23.9 Å². The molecule has 0 saturated carbocycles. The van der Waals surface area contributed by atoms with Gasteiger partial charge < -0.3 is 24.6 Å². The highest BCUT2D eigenvalue weighted by atomic mass is 28.3. The topological polar surface area (TPSA) is 99.8 Å². The molecule has 182 valence electrons. The Morgan fingerprint density at radius 1 is 1.09 bits per heavy atom. The number of piperazine rings is 1. The Bertz CT molecular complexity index is 1140. The summed E-state index contributed by atoms with van der Waals surface area (Å²) < 4.78 is 8.01. The molecule has 0 amide bonds. The zero-order chi connectivity index (χ0) is 24.5. The van der Waals surface area contributed by atoms with Crippen LogP contribution in [0.25, 0.3) is 22.6 Å². The van der Waals surface area contributed by atoms with Gasteiger partial charge in [-0.05, 0) is 38.2 Å². The molecule has 2 N–H and O–H groups in total. The number of ether oxygens (including phenoxy) is 1. The van der Waals surface area contributed by atoms with Crippen molar-refractivity contribution in [3.05, 3.63) is 30.1 Å². The molecule has 34 heavy (non-hydrogen) atoms. The van der Waals surface area contributed by atoms with Crippen molar-refractivity contribution in [2.75, 3.05) is 44.7 Å². The van der Waals surface area contributed by atoms with Gasteiger partial charge in [0.05, 0.1) is 5.69 Å². The summed E-state index contributed by atoms with van der Waals surface area (Å²) in [5, 5.41) is 19.2. The van der Waals surface area contributed by atoms with Gasteiger partial charge in [-0.25, -0.2) is 15.0 Å². The SMILES string of the molecule is Cc1nc(N2CCN(C)CC2)ccc1-c1nc2cc(B(O)O)cnc2n1COCC[Si](C)(C)C. The number of imidazole rings is 1. The minimum atomic E-state index is -1.59. The van der Waals surface area contributed by atoms with Gasteiger partial charge in [-0.2, -0.15) is 0 Å². The Balaban J connectivity index is 1.67. The monoisotopic (exact) mass is 482 g/mol. The van der Waals surface area contributed by atoms with Crippen LogP contribution in [0.5, 0.6) is 0 Å². The summed E-state index contributed by atoms with van der Waals surface area (Å²) in [7, 11) is -0.655. The molecular weight excluding hydrogens is 447 g/mol. The van der Waals surface area contributed by atoms with E-state index in [1.54, 1.807) is 6.07 Å². The van der Waals surface area contributed by atoms with Crippen molar-refractivity contribution >= 4 is 37.6 Å². The summed E-state index contributed by atoms with van der Waals surface area (Å²) in [6.07, 6.45) is 1.47. The lowest BCUT2D eigenvalue weighted by Gasteiger charge is -2.33. The largest absolute Gasteiger partial charge is 0.490 e. The molecule has 1 fully saturated rings. The Morgan fingerprint density at radius 3 is 2.47 bits per heavy atom. The molecule has 0 unspecified atom stereocenters. The number of hydrogen-bond donors (Lipinski definition) is 2.